The number of alkyl halides is 6. The molecule has 24 nitrogen and oxygen atoms in total. The van der Waals surface area contributed by atoms with Crippen LogP contribution < -0.4 is 53.8 Å². The van der Waals surface area contributed by atoms with E-state index in [2.05, 4.69) is 89.0 Å². The zero-order valence-electron chi connectivity index (χ0n) is 80.7. The van der Waals surface area contributed by atoms with Gasteiger partial charge in [-0.25, -0.2) is 19.9 Å². The van der Waals surface area contributed by atoms with Crippen LogP contribution in [0.1, 0.15) is 178 Å². The molecule has 3 N–H and O–H groups in total. The largest absolute Gasteiger partial charge is 0.454 e. The van der Waals surface area contributed by atoms with Gasteiger partial charge >= 0.3 is 12.4 Å². The van der Waals surface area contributed by atoms with Crippen molar-refractivity contribution in [2.75, 3.05) is 44.4 Å². The van der Waals surface area contributed by atoms with Crippen molar-refractivity contribution in [1.29, 1.82) is 0 Å². The van der Waals surface area contributed by atoms with E-state index >= 15 is 0 Å². The zero-order valence-corrected chi connectivity index (χ0v) is 84.7. The highest BCUT2D eigenvalue weighted by Gasteiger charge is 2.34. The van der Waals surface area contributed by atoms with Gasteiger partial charge in [0.1, 0.15) is 42.8 Å². The summed E-state index contributed by atoms with van der Waals surface area (Å²) in [4.78, 5) is 80.3. The first-order chi connectivity index (χ1) is 71.2. The number of carbonyl (C=O) groups excluding carboxylic acids is 4. The standard InChI is InChI=1S/C30H26F3N3O3S.C28H27N3O3S.C27H24ClN3O3S.C27H28F3N3O3S/c31-30(32,33)24-7-3-4-20(12-24)14-35(15-21-8-9-26-27(13-21)39-19-38-26)17-28-34-25(18-40-28)29(37)36-11-10-22-5-1-2-6-23(22)16-36;1-19-3-7-21(8-4-19)14-31(15-22-9-12-25-26(13-22)34-18-33-25)16-27-30-24(17-35-27)28(32)29-23-10-5-20(2)6-11-23;1-18-2-9-22(10-3-18)29-27(32)23-16-35-26(30-23)15-31(13-19-4-7-21(28)8-5-19)14-20-6-11-24-25(12-20)34-17-33-24;28-27(29,30)20-6-4-5-18(11-20)13-33(14-19-9-10-23-24(12-19)36-17-35-23)15-25-32-22(16-37-25)26(34)31-21-7-2-1-3-8-21/h1-9,12-13,18H,10-11,14-17,19H2;3-13,17H,14-16,18H2,1-2H3,(H,29,32);2-12,16H,13-15,17H2,1H3,(H,29,32);4-6,9-12,16,21H,1-3,7-8,13-15,17H2,(H,31,34). The molecule has 147 heavy (non-hydrogen) atoms. The smallest absolute Gasteiger partial charge is 0.416 e. The Kier molecular flexibility index (Phi) is 33.7. The third-order valence-electron chi connectivity index (χ3n) is 25.1. The molecule has 1 saturated carbocycles. The monoisotopic (exact) mass is 2090 g/mol. The first-order valence-electron chi connectivity index (χ1n) is 47.9. The number of carbonyl (C=O) groups is 4. The predicted octanol–water partition coefficient (Wildman–Crippen LogP) is 24.7. The van der Waals surface area contributed by atoms with Crippen LogP contribution in [0.4, 0.5) is 37.7 Å². The van der Waals surface area contributed by atoms with Crippen molar-refractivity contribution in [1.82, 2.24) is 49.8 Å². The SMILES string of the molecule is Cc1ccc(CN(Cc2ccc3c(c2)OCO3)Cc2nc(C(=O)Nc3ccc(C)cc3)cs2)cc1.Cc1ccc(NC(=O)c2csc(CN(Cc3ccc(Cl)cc3)Cc3ccc4c(c3)OCO4)n2)cc1.O=C(NC1CCCCC1)c1csc(CN(Cc2cccc(C(F)(F)F)c2)Cc2ccc3c(c2)OCO3)n1.O=C(c1csc(CN(Cc2cccc(C(F)(F)F)c2)Cc2ccc3c(c2)OCO3)n1)N1CCc2ccccc2C1. The van der Waals surface area contributed by atoms with Crippen LogP contribution in [0, 0.1) is 20.8 Å². The molecule has 35 heteroatoms. The summed E-state index contributed by atoms with van der Waals surface area (Å²) in [6.07, 6.45) is -2.59. The Hall–Kier alpha value is -14.1. The quantitative estimate of drug-likeness (QED) is 0.0342. The van der Waals surface area contributed by atoms with Crippen molar-refractivity contribution in [3.63, 3.8) is 0 Å². The van der Waals surface area contributed by atoms with Gasteiger partial charge in [-0.1, -0.05) is 193 Å². The topological polar surface area (TPSA) is 246 Å². The van der Waals surface area contributed by atoms with E-state index < -0.39 is 23.5 Å². The molecule has 6 aliphatic rings. The molecule has 1 aliphatic carbocycles. The van der Waals surface area contributed by atoms with E-state index in [1.54, 1.807) is 28.3 Å². The fourth-order valence-electron chi connectivity index (χ4n) is 17.6. The minimum absolute atomic E-state index is 0.114. The number of hydrogen-bond acceptors (Lipinski definition) is 24. The third-order valence-corrected chi connectivity index (χ3v) is 28.7. The summed E-state index contributed by atoms with van der Waals surface area (Å²) < 4.78 is 124. The van der Waals surface area contributed by atoms with Gasteiger partial charge in [0.05, 0.1) is 37.3 Å². The van der Waals surface area contributed by atoms with Gasteiger partial charge in [-0.2, -0.15) is 26.3 Å². The second-order valence-electron chi connectivity index (χ2n) is 36.5. The van der Waals surface area contributed by atoms with Gasteiger partial charge in [0, 0.05) is 109 Å². The Morgan fingerprint density at radius 2 is 0.673 bits per heavy atom. The fraction of sp³-hybridized carbons (Fsp3) is 0.268. The van der Waals surface area contributed by atoms with Gasteiger partial charge in [0.25, 0.3) is 23.6 Å². The number of aryl methyl sites for hydroxylation is 3. The van der Waals surface area contributed by atoms with E-state index in [4.69, 9.17) is 49.5 Å². The highest BCUT2D eigenvalue weighted by Crippen LogP contribution is 2.40. The normalized spacial score (nSPS) is 13.7. The van der Waals surface area contributed by atoms with E-state index in [-0.39, 0.29) is 69.9 Å². The van der Waals surface area contributed by atoms with E-state index in [0.29, 0.717) is 132 Å². The summed E-state index contributed by atoms with van der Waals surface area (Å²) in [5.74, 6) is 5.01. The van der Waals surface area contributed by atoms with Crippen molar-refractivity contribution in [2.45, 2.75) is 163 Å². The first-order valence-corrected chi connectivity index (χ1v) is 51.8. The van der Waals surface area contributed by atoms with E-state index in [0.717, 1.165) is 151 Å². The zero-order chi connectivity index (χ0) is 102. The van der Waals surface area contributed by atoms with Crippen LogP contribution in [0.2, 0.25) is 5.02 Å². The van der Waals surface area contributed by atoms with Gasteiger partial charge in [-0.05, 0) is 193 Å². The van der Waals surface area contributed by atoms with Crippen LogP contribution in [-0.2, 0) is 104 Å². The molecule has 4 amide bonds. The molecule has 5 aliphatic heterocycles. The molecule has 758 valence electrons. The summed E-state index contributed by atoms with van der Waals surface area (Å²) in [5, 5.41) is 20.0. The van der Waals surface area contributed by atoms with Gasteiger partial charge in [0.2, 0.25) is 27.2 Å². The summed E-state index contributed by atoms with van der Waals surface area (Å²) >= 11 is 11.8. The predicted molar refractivity (Wildman–Crippen MR) is 554 cm³/mol. The van der Waals surface area contributed by atoms with Gasteiger partial charge in [-0.15, -0.1) is 45.3 Å². The second kappa shape index (κ2) is 48.1. The Morgan fingerprint density at radius 1 is 0.354 bits per heavy atom. The molecular formula is C112H105ClF6N12O12S4. The lowest BCUT2D eigenvalue weighted by Gasteiger charge is -2.28. The molecule has 1 fully saturated rings. The lowest BCUT2D eigenvalue weighted by Crippen LogP contribution is -2.36. The Labute approximate surface area is 867 Å². The molecule has 0 atom stereocenters. The van der Waals surface area contributed by atoms with E-state index in [9.17, 15) is 45.5 Å². The van der Waals surface area contributed by atoms with Crippen LogP contribution in [0.3, 0.4) is 0 Å². The molecule has 4 aromatic heterocycles. The van der Waals surface area contributed by atoms with Crippen molar-refractivity contribution in [3.05, 3.63) is 395 Å². The van der Waals surface area contributed by atoms with Crippen molar-refractivity contribution >= 4 is 92.0 Å². The highest BCUT2D eigenvalue weighted by molar-refractivity contribution is 7.10. The maximum atomic E-state index is 13.4. The number of ether oxygens (including phenoxy) is 8. The average Bonchev–Trinajstić information content (AvgIpc) is 1.79. The van der Waals surface area contributed by atoms with E-state index in [1.807, 2.05) is 192 Å². The summed E-state index contributed by atoms with van der Waals surface area (Å²) in [6.45, 7) is 14.4. The molecule has 0 unspecified atom stereocenters. The maximum Gasteiger partial charge on any atom is 0.416 e. The Balaban J connectivity index is 0.000000129. The number of amides is 4. The molecule has 0 radical (unpaired) electrons. The van der Waals surface area contributed by atoms with Gasteiger partial charge < -0.3 is 58.7 Å². The number of nitrogens with zero attached hydrogens (tertiary/aromatic N) is 9. The minimum Gasteiger partial charge on any atom is -0.454 e. The molecule has 0 saturated heterocycles. The van der Waals surface area contributed by atoms with E-state index in [1.165, 1.54) is 92.7 Å². The molecule has 0 bridgehead atoms. The molecule has 21 rings (SSSR count). The number of rotatable bonds is 31. The number of thiazole rings is 4. The van der Waals surface area contributed by atoms with Crippen LogP contribution in [-0.4, -0.2) is 108 Å². The van der Waals surface area contributed by atoms with Crippen LogP contribution in [0.25, 0.3) is 0 Å². The van der Waals surface area contributed by atoms with Crippen LogP contribution in [0.5, 0.6) is 46.0 Å². The number of fused-ring (bicyclic) bond motifs is 5. The van der Waals surface area contributed by atoms with Gasteiger partial charge in [-0.3, -0.25) is 38.8 Å². The summed E-state index contributed by atoms with van der Waals surface area (Å²) in [7, 11) is 0. The minimum atomic E-state index is -4.42. The highest BCUT2D eigenvalue weighted by atomic mass is 35.5. The number of anilines is 2. The van der Waals surface area contributed by atoms with Crippen LogP contribution in [0.15, 0.2) is 264 Å². The lowest BCUT2D eigenvalue weighted by atomic mass is 9.95. The lowest BCUT2D eigenvalue weighted by molar-refractivity contribution is -0.138. The van der Waals surface area contributed by atoms with Crippen molar-refractivity contribution in [3.8, 4) is 46.0 Å². The Bertz CT molecular complexity index is 6880. The number of nitrogens with one attached hydrogen (secondary N) is 3. The number of halogens is 7. The van der Waals surface area contributed by atoms with Crippen LogP contribution >= 0.6 is 56.9 Å². The van der Waals surface area contributed by atoms with Crippen molar-refractivity contribution in [2.24, 2.45) is 0 Å². The Morgan fingerprint density at radius 3 is 1.05 bits per heavy atom. The molecule has 11 aromatic carbocycles. The average molecular weight is 2090 g/mol. The molecule has 0 spiro atoms. The molecule has 9 heterocycles. The number of benzene rings is 11. The molecular weight excluding hydrogens is 1980 g/mol. The second-order valence-corrected chi connectivity index (χ2v) is 40.7. The first kappa shape index (κ1) is 103. The summed E-state index contributed by atoms with van der Waals surface area (Å²) in [5.41, 5.74) is 15.3. The van der Waals surface area contributed by atoms with Gasteiger partial charge in [0.15, 0.2) is 46.0 Å². The maximum absolute atomic E-state index is 13.4. The summed E-state index contributed by atoms with van der Waals surface area (Å²) in [6, 6.07) is 74.2. The number of aromatic nitrogens is 4. The fourth-order valence-corrected chi connectivity index (χ4v) is 21.0. The third kappa shape index (κ3) is 28.8. The molecule has 15 aromatic rings. The number of hydrogen-bond donors (Lipinski definition) is 3. The van der Waals surface area contributed by atoms with Crippen molar-refractivity contribution < 1.29 is 83.4 Å².